The van der Waals surface area contributed by atoms with E-state index < -0.39 is 0 Å². The Bertz CT molecular complexity index is 584. The standard InChI is InChI=1S/C13H17N5OS/c1-9-4-2-5-10(8-9)15-11(19)6-3-7-20-13-16-12(14)17-18-13/h2,4-5,8H,3,6-7H2,1H3,(H,15,19)(H3,14,16,17,18). The van der Waals surface area contributed by atoms with Crippen molar-refractivity contribution in [2.75, 3.05) is 16.8 Å². The maximum atomic E-state index is 11.8. The van der Waals surface area contributed by atoms with Crippen molar-refractivity contribution in [2.24, 2.45) is 0 Å². The molecule has 0 aliphatic carbocycles. The van der Waals surface area contributed by atoms with Crippen LogP contribution in [0.3, 0.4) is 0 Å². The lowest BCUT2D eigenvalue weighted by molar-refractivity contribution is -0.116. The predicted molar refractivity (Wildman–Crippen MR) is 80.6 cm³/mol. The first-order valence-corrected chi connectivity index (χ1v) is 7.29. The van der Waals surface area contributed by atoms with Gasteiger partial charge < -0.3 is 11.1 Å². The molecule has 106 valence electrons. The molecule has 0 radical (unpaired) electrons. The van der Waals surface area contributed by atoms with Gasteiger partial charge in [0.2, 0.25) is 17.0 Å². The Hall–Kier alpha value is -2.02. The molecule has 1 heterocycles. The summed E-state index contributed by atoms with van der Waals surface area (Å²) in [7, 11) is 0. The quantitative estimate of drug-likeness (QED) is 0.560. The van der Waals surface area contributed by atoms with Gasteiger partial charge in [-0.2, -0.15) is 4.98 Å². The topological polar surface area (TPSA) is 96.7 Å². The molecule has 2 aromatic rings. The summed E-state index contributed by atoms with van der Waals surface area (Å²) in [6, 6.07) is 7.75. The first-order chi connectivity index (χ1) is 9.63. The predicted octanol–water partition coefficient (Wildman–Crippen LogP) is 2.21. The highest BCUT2D eigenvalue weighted by Gasteiger charge is 2.04. The number of H-pyrrole nitrogens is 1. The molecule has 0 bridgehead atoms. The van der Waals surface area contributed by atoms with Crippen molar-refractivity contribution in [3.8, 4) is 0 Å². The molecule has 20 heavy (non-hydrogen) atoms. The van der Waals surface area contributed by atoms with E-state index in [1.165, 1.54) is 11.8 Å². The number of nitrogen functional groups attached to an aromatic ring is 1. The lowest BCUT2D eigenvalue weighted by atomic mass is 10.2. The zero-order chi connectivity index (χ0) is 14.4. The van der Waals surface area contributed by atoms with Crippen LogP contribution in [0.4, 0.5) is 11.6 Å². The number of aromatic nitrogens is 3. The van der Waals surface area contributed by atoms with Crippen LogP contribution in [0.1, 0.15) is 18.4 Å². The summed E-state index contributed by atoms with van der Waals surface area (Å²) in [5.41, 5.74) is 7.39. The Morgan fingerprint density at radius 1 is 1.50 bits per heavy atom. The van der Waals surface area contributed by atoms with Crippen LogP contribution in [0.2, 0.25) is 0 Å². The Balaban J connectivity index is 1.67. The van der Waals surface area contributed by atoms with Gasteiger partial charge in [0.1, 0.15) is 0 Å². The second-order valence-electron chi connectivity index (χ2n) is 4.37. The average Bonchev–Trinajstić information content (AvgIpc) is 2.80. The SMILES string of the molecule is Cc1cccc(NC(=O)CCCSc2n[nH]c(N)n2)c1. The summed E-state index contributed by atoms with van der Waals surface area (Å²) in [6.07, 6.45) is 1.23. The highest BCUT2D eigenvalue weighted by molar-refractivity contribution is 7.99. The van der Waals surface area contributed by atoms with E-state index in [0.29, 0.717) is 17.5 Å². The second-order valence-corrected chi connectivity index (χ2v) is 5.43. The molecule has 0 saturated heterocycles. The molecule has 1 aromatic carbocycles. The summed E-state index contributed by atoms with van der Waals surface area (Å²) in [5.74, 6) is 1.11. The highest BCUT2D eigenvalue weighted by Crippen LogP contribution is 2.15. The van der Waals surface area contributed by atoms with E-state index in [0.717, 1.165) is 23.4 Å². The van der Waals surface area contributed by atoms with E-state index in [2.05, 4.69) is 20.5 Å². The highest BCUT2D eigenvalue weighted by atomic mass is 32.2. The maximum Gasteiger partial charge on any atom is 0.224 e. The number of aromatic amines is 1. The molecule has 0 unspecified atom stereocenters. The molecule has 0 aliphatic rings. The number of carbonyl (C=O) groups is 1. The fourth-order valence-electron chi connectivity index (χ4n) is 1.67. The molecule has 4 N–H and O–H groups in total. The number of carbonyl (C=O) groups excluding carboxylic acids is 1. The molecular weight excluding hydrogens is 274 g/mol. The number of nitrogens with one attached hydrogen (secondary N) is 2. The molecule has 0 spiro atoms. The van der Waals surface area contributed by atoms with E-state index in [9.17, 15) is 4.79 Å². The molecule has 0 fully saturated rings. The largest absolute Gasteiger partial charge is 0.368 e. The van der Waals surface area contributed by atoms with E-state index in [-0.39, 0.29) is 5.91 Å². The Morgan fingerprint density at radius 2 is 2.35 bits per heavy atom. The van der Waals surface area contributed by atoms with Crippen LogP contribution < -0.4 is 11.1 Å². The second kappa shape index (κ2) is 6.95. The van der Waals surface area contributed by atoms with E-state index >= 15 is 0 Å². The third-order valence-electron chi connectivity index (χ3n) is 2.56. The van der Waals surface area contributed by atoms with Gasteiger partial charge in [0, 0.05) is 17.9 Å². The fraction of sp³-hybridized carbons (Fsp3) is 0.308. The maximum absolute atomic E-state index is 11.8. The number of aryl methyl sites for hydroxylation is 1. The fourth-order valence-corrected chi connectivity index (χ4v) is 2.41. The van der Waals surface area contributed by atoms with Crippen LogP contribution in [-0.4, -0.2) is 26.8 Å². The van der Waals surface area contributed by atoms with Gasteiger partial charge in [-0.1, -0.05) is 23.9 Å². The minimum absolute atomic E-state index is 0.0192. The van der Waals surface area contributed by atoms with Crippen molar-refractivity contribution in [2.45, 2.75) is 24.9 Å². The third-order valence-corrected chi connectivity index (χ3v) is 3.50. The molecule has 0 atom stereocenters. The third kappa shape index (κ3) is 4.58. The van der Waals surface area contributed by atoms with Gasteiger partial charge in [0.05, 0.1) is 0 Å². The van der Waals surface area contributed by atoms with Crippen molar-refractivity contribution >= 4 is 29.3 Å². The van der Waals surface area contributed by atoms with Crippen molar-refractivity contribution in [1.82, 2.24) is 15.2 Å². The lowest BCUT2D eigenvalue weighted by Gasteiger charge is -2.05. The van der Waals surface area contributed by atoms with E-state index in [1.54, 1.807) is 0 Å². The van der Waals surface area contributed by atoms with E-state index in [4.69, 9.17) is 5.73 Å². The molecule has 2 rings (SSSR count). The van der Waals surface area contributed by atoms with E-state index in [1.807, 2.05) is 31.2 Å². The summed E-state index contributed by atoms with van der Waals surface area (Å²) < 4.78 is 0. The number of nitrogens with two attached hydrogens (primary N) is 1. The number of nitrogens with zero attached hydrogens (tertiary/aromatic N) is 2. The molecule has 0 saturated carbocycles. The molecule has 6 nitrogen and oxygen atoms in total. The van der Waals surface area contributed by atoms with Gasteiger partial charge in [-0.25, -0.2) is 5.10 Å². The molecule has 0 aliphatic heterocycles. The smallest absolute Gasteiger partial charge is 0.224 e. The number of hydrogen-bond acceptors (Lipinski definition) is 5. The van der Waals surface area contributed by atoms with Gasteiger partial charge in [-0.15, -0.1) is 5.10 Å². The number of benzene rings is 1. The van der Waals surface area contributed by atoms with Crippen molar-refractivity contribution in [1.29, 1.82) is 0 Å². The van der Waals surface area contributed by atoms with Gasteiger partial charge in [0.15, 0.2) is 0 Å². The van der Waals surface area contributed by atoms with Crippen LogP contribution in [0.15, 0.2) is 29.4 Å². The summed E-state index contributed by atoms with van der Waals surface area (Å²) in [5, 5.41) is 9.98. The minimum Gasteiger partial charge on any atom is -0.368 e. The van der Waals surface area contributed by atoms with Crippen molar-refractivity contribution in [3.05, 3.63) is 29.8 Å². The van der Waals surface area contributed by atoms with Gasteiger partial charge in [-0.3, -0.25) is 4.79 Å². The zero-order valence-electron chi connectivity index (χ0n) is 11.2. The van der Waals surface area contributed by atoms with Crippen LogP contribution >= 0.6 is 11.8 Å². The first kappa shape index (κ1) is 14.4. The number of hydrogen-bond donors (Lipinski definition) is 3. The van der Waals surface area contributed by atoms with Crippen LogP contribution in [-0.2, 0) is 4.79 Å². The average molecular weight is 291 g/mol. The number of rotatable bonds is 6. The Morgan fingerprint density at radius 3 is 3.05 bits per heavy atom. The normalized spacial score (nSPS) is 10.4. The molecule has 1 amide bonds. The number of thioether (sulfide) groups is 1. The molecule has 1 aromatic heterocycles. The zero-order valence-corrected chi connectivity index (χ0v) is 12.0. The lowest BCUT2D eigenvalue weighted by Crippen LogP contribution is -2.11. The monoisotopic (exact) mass is 291 g/mol. The number of anilines is 2. The Kier molecular flexibility index (Phi) is 5.00. The summed E-state index contributed by atoms with van der Waals surface area (Å²) >= 11 is 1.48. The first-order valence-electron chi connectivity index (χ1n) is 6.30. The van der Waals surface area contributed by atoms with Crippen LogP contribution in [0.5, 0.6) is 0 Å². The van der Waals surface area contributed by atoms with Gasteiger partial charge in [0.25, 0.3) is 0 Å². The van der Waals surface area contributed by atoms with Crippen LogP contribution in [0.25, 0.3) is 0 Å². The Labute approximate surface area is 121 Å². The van der Waals surface area contributed by atoms with Crippen LogP contribution in [0, 0.1) is 6.92 Å². The molecule has 7 heteroatoms. The van der Waals surface area contributed by atoms with Gasteiger partial charge in [-0.05, 0) is 31.0 Å². The van der Waals surface area contributed by atoms with Crippen molar-refractivity contribution in [3.63, 3.8) is 0 Å². The van der Waals surface area contributed by atoms with Gasteiger partial charge >= 0.3 is 0 Å². The summed E-state index contributed by atoms with van der Waals surface area (Å²) in [6.45, 7) is 1.99. The summed E-state index contributed by atoms with van der Waals surface area (Å²) in [4.78, 5) is 15.7. The van der Waals surface area contributed by atoms with Crippen molar-refractivity contribution < 1.29 is 4.79 Å². The minimum atomic E-state index is 0.0192. The number of amides is 1. The molecular formula is C13H17N5OS.